The van der Waals surface area contributed by atoms with Crippen LogP contribution in [0.15, 0.2) is 35.6 Å². The molecule has 1 fully saturated rings. The summed E-state index contributed by atoms with van der Waals surface area (Å²) in [6.45, 7) is 12.6. The van der Waals surface area contributed by atoms with Gasteiger partial charge < -0.3 is 15.5 Å². The van der Waals surface area contributed by atoms with Crippen LogP contribution < -0.4 is 10.6 Å². The lowest BCUT2D eigenvalue weighted by atomic mass is 10.00. The fourth-order valence-electron chi connectivity index (χ4n) is 5.33. The second kappa shape index (κ2) is 12.5. The van der Waals surface area contributed by atoms with Crippen molar-refractivity contribution in [3.63, 3.8) is 0 Å². The Bertz CT molecular complexity index is 1430. The molecule has 3 aromatic rings. The number of amidine groups is 1. The van der Waals surface area contributed by atoms with Gasteiger partial charge in [-0.2, -0.15) is 0 Å². The van der Waals surface area contributed by atoms with Gasteiger partial charge in [0.2, 0.25) is 6.41 Å². The molecule has 2 aromatic heterocycles. The number of pyridine rings is 1. The van der Waals surface area contributed by atoms with Gasteiger partial charge in [-0.1, -0.05) is 39.3 Å². The van der Waals surface area contributed by atoms with E-state index in [9.17, 15) is 9.18 Å². The van der Waals surface area contributed by atoms with Crippen LogP contribution in [-0.4, -0.2) is 76.8 Å². The number of aromatic nitrogens is 3. The zero-order valence-corrected chi connectivity index (χ0v) is 25.4. The van der Waals surface area contributed by atoms with E-state index in [0.29, 0.717) is 50.6 Å². The number of anilines is 3. The Morgan fingerprint density at radius 1 is 1.17 bits per heavy atom. The summed E-state index contributed by atoms with van der Waals surface area (Å²) >= 11 is 6.88. The van der Waals surface area contributed by atoms with Gasteiger partial charge in [0.15, 0.2) is 5.82 Å². The smallest absolute Gasteiger partial charge is 0.220 e. The molecule has 11 heteroatoms. The van der Waals surface area contributed by atoms with Gasteiger partial charge in [-0.15, -0.1) is 0 Å². The predicted molar refractivity (Wildman–Crippen MR) is 164 cm³/mol. The molecule has 1 aliphatic heterocycles. The highest BCUT2D eigenvalue weighted by molar-refractivity contribution is 6.34. The van der Waals surface area contributed by atoms with Crippen LogP contribution in [0.25, 0.3) is 11.3 Å². The van der Waals surface area contributed by atoms with Crippen molar-refractivity contribution in [2.24, 2.45) is 4.99 Å². The number of aliphatic imine (C=N–C) groups is 1. The summed E-state index contributed by atoms with van der Waals surface area (Å²) in [5.74, 6) is 0.492. The molecular formula is C30H38ClFN8O. The van der Waals surface area contributed by atoms with Crippen molar-refractivity contribution in [3.8, 4) is 11.3 Å². The van der Waals surface area contributed by atoms with Crippen molar-refractivity contribution in [3.05, 3.63) is 58.4 Å². The van der Waals surface area contributed by atoms with Crippen LogP contribution in [0, 0.1) is 5.82 Å². The normalized spacial score (nSPS) is 16.5. The van der Waals surface area contributed by atoms with Crippen LogP contribution in [0.5, 0.6) is 0 Å². The summed E-state index contributed by atoms with van der Waals surface area (Å²) in [4.78, 5) is 37.9. The molecule has 0 bridgehead atoms. The van der Waals surface area contributed by atoms with E-state index in [4.69, 9.17) is 27.3 Å². The summed E-state index contributed by atoms with van der Waals surface area (Å²) in [6, 6.07) is 5.98. The van der Waals surface area contributed by atoms with Gasteiger partial charge in [-0.05, 0) is 50.1 Å². The molecule has 1 amide bonds. The zero-order valence-electron chi connectivity index (χ0n) is 24.7. The minimum Gasteiger partial charge on any atom is -0.398 e. The first-order valence-electron chi connectivity index (χ1n) is 13.8. The maximum Gasteiger partial charge on any atom is 0.220 e. The Hall–Kier alpha value is -3.63. The van der Waals surface area contributed by atoms with E-state index in [0.717, 1.165) is 26.0 Å². The lowest BCUT2D eigenvalue weighted by Crippen LogP contribution is -2.53. The summed E-state index contributed by atoms with van der Waals surface area (Å²) in [6.07, 6.45) is 2.26. The van der Waals surface area contributed by atoms with E-state index >= 15 is 0 Å². The molecule has 41 heavy (non-hydrogen) atoms. The number of benzene rings is 1. The topological polar surface area (TPSA) is 104 Å². The van der Waals surface area contributed by atoms with E-state index in [1.807, 2.05) is 27.7 Å². The molecular weight excluding hydrogens is 543 g/mol. The molecule has 0 aliphatic carbocycles. The number of likely N-dealkylation sites (N-methyl/N-ethyl adjacent to an activating group) is 1. The molecule has 9 nitrogen and oxygen atoms in total. The predicted octanol–water partition coefficient (Wildman–Crippen LogP) is 5.47. The van der Waals surface area contributed by atoms with Gasteiger partial charge in [0, 0.05) is 44.0 Å². The molecule has 218 valence electrons. The van der Waals surface area contributed by atoms with E-state index in [-0.39, 0.29) is 23.6 Å². The van der Waals surface area contributed by atoms with E-state index in [2.05, 4.69) is 33.7 Å². The molecule has 0 saturated carbocycles. The largest absolute Gasteiger partial charge is 0.398 e. The summed E-state index contributed by atoms with van der Waals surface area (Å²) in [7, 11) is 3.81. The van der Waals surface area contributed by atoms with Crippen molar-refractivity contribution >= 4 is 41.0 Å². The third kappa shape index (κ3) is 6.04. The van der Waals surface area contributed by atoms with E-state index < -0.39 is 5.82 Å². The Labute approximate surface area is 246 Å². The Balaban J connectivity index is 2.05. The van der Waals surface area contributed by atoms with Crippen molar-refractivity contribution in [2.45, 2.75) is 52.5 Å². The molecule has 1 aliphatic rings. The summed E-state index contributed by atoms with van der Waals surface area (Å²) < 4.78 is 13.9. The third-order valence-corrected chi connectivity index (χ3v) is 7.62. The quantitative estimate of drug-likeness (QED) is 0.171. The molecule has 2 N–H and O–H groups in total. The number of piperazine rings is 1. The number of amides is 1. The number of halogens is 2. The molecule has 3 heterocycles. The molecule has 1 atom stereocenters. The van der Waals surface area contributed by atoms with Crippen LogP contribution in [0.2, 0.25) is 5.02 Å². The molecule has 0 radical (unpaired) electrons. The maximum atomic E-state index is 13.9. The first-order valence-corrected chi connectivity index (χ1v) is 14.1. The van der Waals surface area contributed by atoms with Gasteiger partial charge >= 0.3 is 0 Å². The van der Waals surface area contributed by atoms with Gasteiger partial charge in [0.25, 0.3) is 0 Å². The van der Waals surface area contributed by atoms with Gasteiger partial charge in [0.1, 0.15) is 18.0 Å². The lowest BCUT2D eigenvalue weighted by molar-refractivity contribution is -0.106. The number of hydrogen-bond acceptors (Lipinski definition) is 7. The first-order chi connectivity index (χ1) is 19.5. The van der Waals surface area contributed by atoms with Crippen molar-refractivity contribution in [1.29, 1.82) is 0 Å². The molecule has 1 aromatic carbocycles. The number of nitrogens with zero attached hydrogens (tertiary/aromatic N) is 7. The average molecular weight is 581 g/mol. The minimum atomic E-state index is -0.470. The highest BCUT2D eigenvalue weighted by Crippen LogP contribution is 2.40. The van der Waals surface area contributed by atoms with E-state index in [1.165, 1.54) is 29.4 Å². The van der Waals surface area contributed by atoms with Crippen LogP contribution in [0.3, 0.4) is 0 Å². The molecule has 1 saturated heterocycles. The number of nitrogen functional groups attached to an aromatic ring is 1. The maximum absolute atomic E-state index is 13.9. The second-order valence-corrected chi connectivity index (χ2v) is 11.5. The first kappa shape index (κ1) is 30.3. The fourth-order valence-corrected chi connectivity index (χ4v) is 5.58. The number of hydrogen-bond donors (Lipinski definition) is 1. The highest BCUT2D eigenvalue weighted by Gasteiger charge is 2.32. The Morgan fingerprint density at radius 3 is 2.37 bits per heavy atom. The molecule has 1 unspecified atom stereocenters. The van der Waals surface area contributed by atoms with Crippen LogP contribution >= 0.6 is 11.6 Å². The number of carbonyl (C=O) groups excluding carboxylic acids is 1. The standard InChI is InChI=1S/C30H38ClFN8O/c1-17(2)25-28(26(18(3)4)36-15-35-25)40(16-41)30-22(29(34-6)39-11-10-38(7)14-19(39)5)13-23(31)27(37-30)21-9-8-20(32)12-24(21)33/h8-9,12-13,15-19H,10-11,14,33H2,1-7H3. The van der Waals surface area contributed by atoms with Crippen molar-refractivity contribution in [1.82, 2.24) is 24.8 Å². The van der Waals surface area contributed by atoms with Crippen LogP contribution in [0.1, 0.15) is 63.4 Å². The SMILES string of the molecule is CN=C(c1cc(Cl)c(-c2ccc(F)cc2N)nc1N(C=O)c1c(C(C)C)ncnc1C(C)C)N1CCN(C)CC1C. The Kier molecular flexibility index (Phi) is 9.24. The molecule has 0 spiro atoms. The summed E-state index contributed by atoms with van der Waals surface area (Å²) in [5.41, 5.74) is 9.75. The minimum absolute atomic E-state index is 0.00659. The lowest BCUT2D eigenvalue weighted by Gasteiger charge is -2.40. The molecule has 4 rings (SSSR count). The monoisotopic (exact) mass is 580 g/mol. The number of carbonyl (C=O) groups is 1. The van der Waals surface area contributed by atoms with Crippen LogP contribution in [-0.2, 0) is 4.79 Å². The third-order valence-electron chi connectivity index (χ3n) is 7.33. The van der Waals surface area contributed by atoms with Gasteiger partial charge in [0.05, 0.1) is 33.4 Å². The highest BCUT2D eigenvalue weighted by atomic mass is 35.5. The number of rotatable bonds is 7. The fraction of sp³-hybridized carbons (Fsp3) is 0.433. The van der Waals surface area contributed by atoms with Gasteiger partial charge in [-0.25, -0.2) is 19.3 Å². The number of nitrogens with two attached hydrogens (primary N) is 1. The van der Waals surface area contributed by atoms with E-state index in [1.54, 1.807) is 13.1 Å². The van der Waals surface area contributed by atoms with Gasteiger partial charge in [-0.3, -0.25) is 14.7 Å². The van der Waals surface area contributed by atoms with Crippen molar-refractivity contribution in [2.75, 3.05) is 44.4 Å². The second-order valence-electron chi connectivity index (χ2n) is 11.1. The van der Waals surface area contributed by atoms with Crippen molar-refractivity contribution < 1.29 is 9.18 Å². The zero-order chi connectivity index (χ0) is 30.0. The average Bonchev–Trinajstić information content (AvgIpc) is 2.91. The van der Waals surface area contributed by atoms with Crippen LogP contribution in [0.4, 0.5) is 21.6 Å². The Morgan fingerprint density at radius 2 is 1.83 bits per heavy atom. The summed E-state index contributed by atoms with van der Waals surface area (Å²) in [5, 5.41) is 0.299.